The van der Waals surface area contributed by atoms with Crippen LogP contribution in [0.25, 0.3) is 5.69 Å². The van der Waals surface area contributed by atoms with Crippen molar-refractivity contribution in [1.29, 1.82) is 0 Å². The third-order valence-corrected chi connectivity index (χ3v) is 4.59. The summed E-state index contributed by atoms with van der Waals surface area (Å²) in [6.07, 6.45) is 7.75. The average molecular weight is 268 g/mol. The predicted molar refractivity (Wildman–Crippen MR) is 80.2 cm³/mol. The van der Waals surface area contributed by atoms with Crippen molar-refractivity contribution in [3.63, 3.8) is 0 Å². The fraction of sp³-hybridized carbons (Fsp3) is 0.438. The second kappa shape index (κ2) is 4.94. The molecule has 0 aliphatic carbocycles. The van der Waals surface area contributed by atoms with E-state index in [9.17, 15) is 0 Å². The Bertz CT molecular complexity index is 561. The highest BCUT2D eigenvalue weighted by Crippen LogP contribution is 2.30. The van der Waals surface area contributed by atoms with E-state index in [2.05, 4.69) is 39.6 Å². The standard InChI is InChI=1S/C16H20N4/c1-3-16-15(8-12-19(16)10-1)18-13-4-6-14(7-5-13)20-11-2-9-17-20/h2,4-7,9,11,15-16,18H,1,3,8,10,12H2. The molecule has 3 heterocycles. The second-order valence-corrected chi connectivity index (χ2v) is 5.78. The zero-order chi connectivity index (χ0) is 13.4. The lowest BCUT2D eigenvalue weighted by Gasteiger charge is -2.22. The zero-order valence-electron chi connectivity index (χ0n) is 11.6. The van der Waals surface area contributed by atoms with E-state index in [0.29, 0.717) is 6.04 Å². The quantitative estimate of drug-likeness (QED) is 0.928. The number of hydrogen-bond acceptors (Lipinski definition) is 3. The van der Waals surface area contributed by atoms with Crippen LogP contribution < -0.4 is 5.32 Å². The summed E-state index contributed by atoms with van der Waals surface area (Å²) in [7, 11) is 0. The van der Waals surface area contributed by atoms with E-state index in [-0.39, 0.29) is 0 Å². The smallest absolute Gasteiger partial charge is 0.0647 e. The highest BCUT2D eigenvalue weighted by molar-refractivity contribution is 5.49. The molecule has 2 unspecified atom stereocenters. The van der Waals surface area contributed by atoms with Crippen LogP contribution in [0.5, 0.6) is 0 Å². The number of nitrogens with zero attached hydrogens (tertiary/aromatic N) is 3. The van der Waals surface area contributed by atoms with Crippen molar-refractivity contribution in [2.24, 2.45) is 0 Å². The van der Waals surface area contributed by atoms with Crippen LogP contribution in [0.2, 0.25) is 0 Å². The predicted octanol–water partition coefficient (Wildman–Crippen LogP) is 2.52. The fourth-order valence-electron chi connectivity index (χ4n) is 3.60. The molecule has 0 radical (unpaired) electrons. The molecule has 2 fully saturated rings. The summed E-state index contributed by atoms with van der Waals surface area (Å²) in [6, 6.07) is 11.9. The molecular weight excluding hydrogens is 248 g/mol. The van der Waals surface area contributed by atoms with Gasteiger partial charge in [-0.2, -0.15) is 5.10 Å². The Balaban J connectivity index is 1.47. The van der Waals surface area contributed by atoms with E-state index >= 15 is 0 Å². The van der Waals surface area contributed by atoms with Gasteiger partial charge in [0.2, 0.25) is 0 Å². The molecule has 4 nitrogen and oxygen atoms in total. The van der Waals surface area contributed by atoms with Crippen LogP contribution in [0, 0.1) is 0 Å². The maximum atomic E-state index is 4.25. The summed E-state index contributed by atoms with van der Waals surface area (Å²) in [4.78, 5) is 2.63. The molecule has 20 heavy (non-hydrogen) atoms. The molecular formula is C16H20N4. The van der Waals surface area contributed by atoms with E-state index in [1.165, 1.54) is 38.0 Å². The van der Waals surface area contributed by atoms with Gasteiger partial charge in [-0.25, -0.2) is 4.68 Å². The van der Waals surface area contributed by atoms with Gasteiger partial charge in [-0.1, -0.05) is 0 Å². The zero-order valence-corrected chi connectivity index (χ0v) is 11.6. The maximum absolute atomic E-state index is 4.25. The van der Waals surface area contributed by atoms with Crippen molar-refractivity contribution in [3.05, 3.63) is 42.7 Å². The minimum Gasteiger partial charge on any atom is -0.381 e. The number of aromatic nitrogens is 2. The van der Waals surface area contributed by atoms with Crippen molar-refractivity contribution in [3.8, 4) is 5.69 Å². The molecule has 2 atom stereocenters. The van der Waals surface area contributed by atoms with Gasteiger partial charge in [0.05, 0.1) is 5.69 Å². The van der Waals surface area contributed by atoms with Crippen LogP contribution in [-0.2, 0) is 0 Å². The van der Waals surface area contributed by atoms with Gasteiger partial charge < -0.3 is 5.32 Å². The number of hydrogen-bond donors (Lipinski definition) is 1. The normalized spacial score (nSPS) is 25.8. The van der Waals surface area contributed by atoms with Gasteiger partial charge in [-0.3, -0.25) is 4.90 Å². The molecule has 104 valence electrons. The van der Waals surface area contributed by atoms with Gasteiger partial charge in [0, 0.05) is 36.7 Å². The van der Waals surface area contributed by atoms with Crippen molar-refractivity contribution in [2.45, 2.75) is 31.3 Å². The van der Waals surface area contributed by atoms with Crippen LogP contribution in [0.15, 0.2) is 42.7 Å². The molecule has 4 heteroatoms. The first-order valence-corrected chi connectivity index (χ1v) is 7.51. The Hall–Kier alpha value is -1.81. The number of fused-ring (bicyclic) bond motifs is 1. The molecule has 0 amide bonds. The number of rotatable bonds is 3. The van der Waals surface area contributed by atoms with Gasteiger partial charge in [0.15, 0.2) is 0 Å². The van der Waals surface area contributed by atoms with Crippen molar-refractivity contribution in [2.75, 3.05) is 18.4 Å². The summed E-state index contributed by atoms with van der Waals surface area (Å²) in [5.74, 6) is 0. The molecule has 1 aromatic carbocycles. The summed E-state index contributed by atoms with van der Waals surface area (Å²) in [6.45, 7) is 2.55. The summed E-state index contributed by atoms with van der Waals surface area (Å²) >= 11 is 0. The van der Waals surface area contributed by atoms with Crippen molar-refractivity contribution >= 4 is 5.69 Å². The first kappa shape index (κ1) is 12.0. The molecule has 1 N–H and O–H groups in total. The Morgan fingerprint density at radius 2 is 2.00 bits per heavy atom. The van der Waals surface area contributed by atoms with Gasteiger partial charge in [-0.05, 0) is 56.1 Å². The molecule has 0 spiro atoms. The minimum absolute atomic E-state index is 0.619. The number of anilines is 1. The number of benzene rings is 1. The Kier molecular flexibility index (Phi) is 2.96. The third-order valence-electron chi connectivity index (χ3n) is 4.59. The van der Waals surface area contributed by atoms with E-state index in [1.807, 2.05) is 16.9 Å². The molecule has 1 aromatic heterocycles. The van der Waals surface area contributed by atoms with Crippen LogP contribution in [0.1, 0.15) is 19.3 Å². The number of nitrogens with one attached hydrogen (secondary N) is 1. The van der Waals surface area contributed by atoms with Crippen LogP contribution >= 0.6 is 0 Å². The lowest BCUT2D eigenvalue weighted by molar-refractivity contribution is 0.318. The van der Waals surface area contributed by atoms with Gasteiger partial charge in [-0.15, -0.1) is 0 Å². The first-order valence-electron chi connectivity index (χ1n) is 7.51. The summed E-state index contributed by atoms with van der Waals surface area (Å²) in [5.41, 5.74) is 2.33. The Labute approximate surface area is 119 Å². The minimum atomic E-state index is 0.619. The Morgan fingerprint density at radius 1 is 1.10 bits per heavy atom. The highest BCUT2D eigenvalue weighted by Gasteiger charge is 2.36. The molecule has 4 rings (SSSR count). The summed E-state index contributed by atoms with van der Waals surface area (Å²) in [5, 5.41) is 7.97. The van der Waals surface area contributed by atoms with E-state index in [0.717, 1.165) is 11.7 Å². The van der Waals surface area contributed by atoms with Gasteiger partial charge in [0.25, 0.3) is 0 Å². The van der Waals surface area contributed by atoms with E-state index in [4.69, 9.17) is 0 Å². The fourth-order valence-corrected chi connectivity index (χ4v) is 3.60. The summed E-state index contributed by atoms with van der Waals surface area (Å²) < 4.78 is 1.89. The monoisotopic (exact) mass is 268 g/mol. The van der Waals surface area contributed by atoms with E-state index < -0.39 is 0 Å². The largest absolute Gasteiger partial charge is 0.381 e. The molecule has 0 saturated carbocycles. The van der Waals surface area contributed by atoms with Crippen LogP contribution in [0.3, 0.4) is 0 Å². The third kappa shape index (κ3) is 2.10. The first-order chi connectivity index (χ1) is 9.90. The topological polar surface area (TPSA) is 33.1 Å². The maximum Gasteiger partial charge on any atom is 0.0647 e. The van der Waals surface area contributed by atoms with Crippen LogP contribution in [-0.4, -0.2) is 39.9 Å². The molecule has 2 aliphatic rings. The molecule has 2 saturated heterocycles. The van der Waals surface area contributed by atoms with Crippen LogP contribution in [0.4, 0.5) is 5.69 Å². The Morgan fingerprint density at radius 3 is 2.80 bits per heavy atom. The molecule has 0 bridgehead atoms. The second-order valence-electron chi connectivity index (χ2n) is 5.78. The average Bonchev–Trinajstić information content (AvgIpc) is 3.18. The van der Waals surface area contributed by atoms with Gasteiger partial charge >= 0.3 is 0 Å². The van der Waals surface area contributed by atoms with Crippen molar-refractivity contribution in [1.82, 2.24) is 14.7 Å². The highest BCUT2D eigenvalue weighted by atomic mass is 15.3. The lowest BCUT2D eigenvalue weighted by atomic mass is 10.1. The van der Waals surface area contributed by atoms with Gasteiger partial charge in [0.1, 0.15) is 0 Å². The lowest BCUT2D eigenvalue weighted by Crippen LogP contribution is -2.33. The molecule has 2 aliphatic heterocycles. The molecule has 2 aromatic rings. The van der Waals surface area contributed by atoms with Crippen molar-refractivity contribution < 1.29 is 0 Å². The SMILES string of the molecule is c1cnn(-c2ccc(NC3CCN4CCCC34)cc2)c1. The van der Waals surface area contributed by atoms with E-state index in [1.54, 1.807) is 6.20 Å².